The van der Waals surface area contributed by atoms with Crippen LogP contribution in [0.5, 0.6) is 0 Å². The molecule has 2 aromatic rings. The van der Waals surface area contributed by atoms with Crippen molar-refractivity contribution in [1.29, 1.82) is 0 Å². The highest BCUT2D eigenvalue weighted by atomic mass is 35.5. The van der Waals surface area contributed by atoms with Crippen LogP contribution in [-0.4, -0.2) is 15.9 Å². The van der Waals surface area contributed by atoms with Gasteiger partial charge in [0.2, 0.25) is 0 Å². The molecule has 0 bridgehead atoms. The Bertz CT molecular complexity index is 607. The van der Waals surface area contributed by atoms with Gasteiger partial charge in [-0.05, 0) is 18.2 Å². The number of carbonyl (C=O) groups excluding carboxylic acids is 1. The van der Waals surface area contributed by atoms with Crippen LogP contribution < -0.4 is 5.32 Å². The summed E-state index contributed by atoms with van der Waals surface area (Å²) in [6, 6.07) is 4.22. The van der Waals surface area contributed by atoms with E-state index in [1.807, 2.05) is 0 Å². The van der Waals surface area contributed by atoms with Crippen LogP contribution in [0, 0.1) is 5.82 Å². The average molecular weight is 286 g/mol. The average Bonchev–Trinajstić information content (AvgIpc) is 2.35. The smallest absolute Gasteiger partial charge is 0.275 e. The summed E-state index contributed by atoms with van der Waals surface area (Å²) >= 11 is 11.5. The Labute approximate surface area is 112 Å². The van der Waals surface area contributed by atoms with Crippen molar-refractivity contribution in [3.05, 3.63) is 52.3 Å². The van der Waals surface area contributed by atoms with Crippen molar-refractivity contribution >= 4 is 34.8 Å². The summed E-state index contributed by atoms with van der Waals surface area (Å²) in [5.41, 5.74) is -0.0757. The molecule has 4 nitrogen and oxygen atoms in total. The fraction of sp³-hybridized carbons (Fsp3) is 0. The van der Waals surface area contributed by atoms with E-state index in [2.05, 4.69) is 15.3 Å². The third kappa shape index (κ3) is 2.75. The molecule has 1 N–H and O–H groups in total. The molecular weight excluding hydrogens is 280 g/mol. The molecule has 2 heterocycles. The quantitative estimate of drug-likeness (QED) is 0.863. The van der Waals surface area contributed by atoms with Crippen LogP contribution in [0.25, 0.3) is 0 Å². The molecule has 0 aliphatic rings. The van der Waals surface area contributed by atoms with Crippen LogP contribution in [0.3, 0.4) is 0 Å². The van der Waals surface area contributed by atoms with E-state index in [-0.39, 0.29) is 21.6 Å². The Morgan fingerprint density at radius 1 is 1.28 bits per heavy atom. The highest BCUT2D eigenvalue weighted by molar-refractivity contribution is 6.35. The number of carbonyl (C=O) groups is 1. The molecule has 1 amide bonds. The van der Waals surface area contributed by atoms with Crippen molar-refractivity contribution < 1.29 is 9.18 Å². The van der Waals surface area contributed by atoms with Gasteiger partial charge in [-0.1, -0.05) is 23.2 Å². The van der Waals surface area contributed by atoms with E-state index in [4.69, 9.17) is 23.2 Å². The van der Waals surface area contributed by atoms with E-state index in [0.29, 0.717) is 0 Å². The molecule has 0 aliphatic heterocycles. The predicted octanol–water partition coefficient (Wildman–Crippen LogP) is 3.17. The monoisotopic (exact) mass is 285 g/mol. The summed E-state index contributed by atoms with van der Waals surface area (Å²) in [6.45, 7) is 0. The van der Waals surface area contributed by atoms with Gasteiger partial charge in [0.05, 0.1) is 16.9 Å². The minimum absolute atomic E-state index is 0.00663. The molecule has 0 aromatic carbocycles. The van der Waals surface area contributed by atoms with Gasteiger partial charge < -0.3 is 5.32 Å². The lowest BCUT2D eigenvalue weighted by Crippen LogP contribution is -2.15. The van der Waals surface area contributed by atoms with Gasteiger partial charge in [0.1, 0.15) is 10.8 Å². The number of aromatic nitrogens is 2. The van der Waals surface area contributed by atoms with Crippen LogP contribution in [0.4, 0.5) is 10.1 Å². The van der Waals surface area contributed by atoms with Crippen molar-refractivity contribution in [1.82, 2.24) is 9.97 Å². The second-order valence-corrected chi connectivity index (χ2v) is 4.07. The van der Waals surface area contributed by atoms with Gasteiger partial charge in [-0.2, -0.15) is 0 Å². The highest BCUT2D eigenvalue weighted by Gasteiger charge is 2.14. The lowest BCUT2D eigenvalue weighted by Gasteiger charge is -2.06. The number of anilines is 1. The molecule has 0 aliphatic carbocycles. The summed E-state index contributed by atoms with van der Waals surface area (Å²) in [5.74, 6) is -1.29. The molecule has 92 valence electrons. The molecule has 7 heteroatoms. The van der Waals surface area contributed by atoms with Crippen LogP contribution in [0.2, 0.25) is 10.2 Å². The van der Waals surface area contributed by atoms with Crippen molar-refractivity contribution in [3.8, 4) is 0 Å². The zero-order valence-electron chi connectivity index (χ0n) is 8.82. The number of rotatable bonds is 2. The fourth-order valence-electron chi connectivity index (χ4n) is 1.24. The molecule has 0 unspecified atom stereocenters. The molecule has 2 rings (SSSR count). The largest absolute Gasteiger partial charge is 0.318 e. The van der Waals surface area contributed by atoms with Crippen LogP contribution in [0.15, 0.2) is 30.6 Å². The number of hydrogen-bond donors (Lipinski definition) is 1. The van der Waals surface area contributed by atoms with E-state index in [1.54, 1.807) is 0 Å². The normalized spacial score (nSPS) is 10.2. The first kappa shape index (κ1) is 12.7. The molecule has 0 radical (unpaired) electrons. The van der Waals surface area contributed by atoms with Crippen molar-refractivity contribution in [2.75, 3.05) is 5.32 Å². The lowest BCUT2D eigenvalue weighted by atomic mass is 10.3. The fourth-order valence-corrected chi connectivity index (χ4v) is 1.57. The van der Waals surface area contributed by atoms with E-state index in [9.17, 15) is 9.18 Å². The molecule has 0 atom stereocenters. The third-order valence-electron chi connectivity index (χ3n) is 2.05. The molecule has 2 aromatic heterocycles. The minimum atomic E-state index is -0.649. The van der Waals surface area contributed by atoms with Crippen molar-refractivity contribution in [2.45, 2.75) is 0 Å². The second kappa shape index (κ2) is 5.29. The van der Waals surface area contributed by atoms with E-state index in [0.717, 1.165) is 6.20 Å². The predicted molar refractivity (Wildman–Crippen MR) is 66.4 cm³/mol. The number of halogens is 3. The minimum Gasteiger partial charge on any atom is -0.318 e. The number of hydrogen-bond acceptors (Lipinski definition) is 3. The van der Waals surface area contributed by atoms with Gasteiger partial charge in [0, 0.05) is 6.20 Å². The zero-order valence-corrected chi connectivity index (χ0v) is 10.3. The first-order valence-electron chi connectivity index (χ1n) is 4.81. The highest BCUT2D eigenvalue weighted by Crippen LogP contribution is 2.19. The number of nitrogens with zero attached hydrogens (tertiary/aromatic N) is 2. The van der Waals surface area contributed by atoms with Gasteiger partial charge in [-0.3, -0.25) is 9.78 Å². The lowest BCUT2D eigenvalue weighted by molar-refractivity contribution is 0.102. The maximum Gasteiger partial charge on any atom is 0.275 e. The summed E-state index contributed by atoms with van der Waals surface area (Å²) in [6.07, 6.45) is 2.34. The number of amides is 1. The van der Waals surface area contributed by atoms with Gasteiger partial charge in [0.15, 0.2) is 5.82 Å². The number of nitrogens with one attached hydrogen (secondary N) is 1. The maximum atomic E-state index is 13.3. The Kier molecular flexibility index (Phi) is 3.74. The van der Waals surface area contributed by atoms with E-state index in [1.165, 1.54) is 24.4 Å². The molecule has 18 heavy (non-hydrogen) atoms. The van der Waals surface area contributed by atoms with Gasteiger partial charge in [0.25, 0.3) is 5.91 Å². The SMILES string of the molecule is O=C(Nc1ccncc1F)c1nc(Cl)ccc1Cl. The van der Waals surface area contributed by atoms with Crippen LogP contribution in [0.1, 0.15) is 10.5 Å². The van der Waals surface area contributed by atoms with Crippen LogP contribution >= 0.6 is 23.2 Å². The maximum absolute atomic E-state index is 13.3. The van der Waals surface area contributed by atoms with E-state index >= 15 is 0 Å². The van der Waals surface area contributed by atoms with Crippen molar-refractivity contribution in [3.63, 3.8) is 0 Å². The Hall–Kier alpha value is -1.72. The summed E-state index contributed by atoms with van der Waals surface area (Å²) in [7, 11) is 0. The molecule has 0 spiro atoms. The first-order chi connectivity index (χ1) is 8.58. The third-order valence-corrected chi connectivity index (χ3v) is 2.56. The Morgan fingerprint density at radius 3 is 2.78 bits per heavy atom. The summed E-state index contributed by atoms with van der Waals surface area (Å²) in [4.78, 5) is 19.2. The Balaban J connectivity index is 2.28. The summed E-state index contributed by atoms with van der Waals surface area (Å²) < 4.78 is 13.3. The van der Waals surface area contributed by atoms with Crippen LogP contribution in [-0.2, 0) is 0 Å². The molecule has 0 saturated heterocycles. The molecule has 0 fully saturated rings. The second-order valence-electron chi connectivity index (χ2n) is 3.27. The van der Waals surface area contributed by atoms with E-state index < -0.39 is 11.7 Å². The first-order valence-corrected chi connectivity index (χ1v) is 5.56. The zero-order chi connectivity index (χ0) is 13.1. The van der Waals surface area contributed by atoms with Gasteiger partial charge in [-0.15, -0.1) is 0 Å². The Morgan fingerprint density at radius 2 is 2.06 bits per heavy atom. The summed E-state index contributed by atoms with van der Waals surface area (Å²) in [5, 5.41) is 2.59. The molecule has 0 saturated carbocycles. The topological polar surface area (TPSA) is 54.9 Å². The standard InChI is InChI=1S/C11H6Cl2FN3O/c12-6-1-2-9(13)17-10(6)11(18)16-8-3-4-15-5-7(8)14/h1-5H,(H,15,16,18). The van der Waals surface area contributed by atoms with Gasteiger partial charge >= 0.3 is 0 Å². The van der Waals surface area contributed by atoms with Gasteiger partial charge in [-0.25, -0.2) is 9.37 Å². The van der Waals surface area contributed by atoms with Crippen molar-refractivity contribution in [2.24, 2.45) is 0 Å². The molecular formula is C11H6Cl2FN3O. The number of pyridine rings is 2.